The van der Waals surface area contributed by atoms with Crippen molar-refractivity contribution in [3.8, 4) is 0 Å². The molecule has 0 spiro atoms. The van der Waals surface area contributed by atoms with Crippen LogP contribution in [0.1, 0.15) is 12.8 Å². The predicted molar refractivity (Wildman–Crippen MR) is 64.4 cm³/mol. The van der Waals surface area contributed by atoms with Crippen LogP contribution in [0.3, 0.4) is 0 Å². The van der Waals surface area contributed by atoms with Crippen LogP contribution in [0, 0.1) is 0 Å². The number of alkyl halides is 3. The van der Waals surface area contributed by atoms with Crippen LogP contribution < -0.4 is 10.6 Å². The Hall–Kier alpha value is -1.10. The summed E-state index contributed by atoms with van der Waals surface area (Å²) in [5.74, 6) is 0. The summed E-state index contributed by atoms with van der Waals surface area (Å²) in [4.78, 5) is 1.67. The molecule has 2 N–H and O–H groups in total. The van der Waals surface area contributed by atoms with E-state index in [4.69, 9.17) is 17.3 Å². The monoisotopic (exact) mass is 266 g/mol. The average Bonchev–Trinajstić information content (AvgIpc) is 2.19. The van der Waals surface area contributed by atoms with Crippen LogP contribution in [0.25, 0.3) is 0 Å². The highest BCUT2D eigenvalue weighted by molar-refractivity contribution is 6.31. The molecule has 17 heavy (non-hydrogen) atoms. The largest absolute Gasteiger partial charge is 0.397 e. The number of rotatable bonds is 4. The summed E-state index contributed by atoms with van der Waals surface area (Å²) in [5, 5.41) is 0.511. The van der Waals surface area contributed by atoms with Crippen molar-refractivity contribution >= 4 is 23.0 Å². The fourth-order valence-electron chi connectivity index (χ4n) is 1.48. The molecular weight excluding hydrogens is 253 g/mol. The second-order valence-corrected chi connectivity index (χ2v) is 4.28. The van der Waals surface area contributed by atoms with Gasteiger partial charge in [-0.15, -0.1) is 0 Å². The Morgan fingerprint density at radius 2 is 2.00 bits per heavy atom. The van der Waals surface area contributed by atoms with Crippen molar-refractivity contribution in [1.29, 1.82) is 0 Å². The number of benzene rings is 1. The number of nitrogen functional groups attached to an aromatic ring is 1. The molecule has 2 nitrogen and oxygen atoms in total. The van der Waals surface area contributed by atoms with Gasteiger partial charge in [0.05, 0.1) is 11.4 Å². The van der Waals surface area contributed by atoms with E-state index in [-0.39, 0.29) is 13.0 Å². The minimum absolute atomic E-state index is 0.0337. The molecule has 1 aromatic rings. The minimum atomic E-state index is -4.11. The van der Waals surface area contributed by atoms with Crippen LogP contribution in [0.4, 0.5) is 24.5 Å². The molecule has 0 unspecified atom stereocenters. The van der Waals surface area contributed by atoms with E-state index in [9.17, 15) is 13.2 Å². The first-order chi connectivity index (χ1) is 7.79. The summed E-state index contributed by atoms with van der Waals surface area (Å²) in [6, 6.07) is 4.92. The highest BCUT2D eigenvalue weighted by Gasteiger charge is 2.26. The van der Waals surface area contributed by atoms with Gasteiger partial charge < -0.3 is 10.6 Å². The third-order valence-electron chi connectivity index (χ3n) is 2.36. The van der Waals surface area contributed by atoms with E-state index in [1.807, 2.05) is 0 Å². The lowest BCUT2D eigenvalue weighted by Gasteiger charge is -2.21. The fraction of sp³-hybridized carbons (Fsp3) is 0.455. The van der Waals surface area contributed by atoms with Crippen molar-refractivity contribution in [2.45, 2.75) is 19.0 Å². The van der Waals surface area contributed by atoms with Gasteiger partial charge in [-0.1, -0.05) is 11.6 Å². The van der Waals surface area contributed by atoms with Crippen LogP contribution in [0.5, 0.6) is 0 Å². The fourth-order valence-corrected chi connectivity index (χ4v) is 1.65. The maximum absolute atomic E-state index is 12.0. The summed E-state index contributed by atoms with van der Waals surface area (Å²) in [5.41, 5.74) is 6.88. The zero-order valence-corrected chi connectivity index (χ0v) is 10.1. The van der Waals surface area contributed by atoms with Crippen LogP contribution >= 0.6 is 11.6 Å². The molecule has 0 saturated carbocycles. The van der Waals surface area contributed by atoms with Crippen molar-refractivity contribution in [1.82, 2.24) is 0 Å². The molecular formula is C11H14ClF3N2. The number of nitrogens with two attached hydrogens (primary N) is 1. The molecule has 0 aliphatic carbocycles. The molecule has 0 aliphatic rings. The van der Waals surface area contributed by atoms with Crippen molar-refractivity contribution in [3.05, 3.63) is 23.2 Å². The first-order valence-corrected chi connectivity index (χ1v) is 5.50. The van der Waals surface area contributed by atoms with Crippen LogP contribution in [-0.2, 0) is 0 Å². The normalized spacial score (nSPS) is 11.6. The number of nitrogens with zero attached hydrogens (tertiary/aromatic N) is 1. The van der Waals surface area contributed by atoms with Gasteiger partial charge in [0, 0.05) is 25.0 Å². The summed E-state index contributed by atoms with van der Waals surface area (Å²) >= 11 is 5.81. The van der Waals surface area contributed by atoms with E-state index in [2.05, 4.69) is 0 Å². The highest BCUT2D eigenvalue weighted by Crippen LogP contribution is 2.27. The van der Waals surface area contributed by atoms with Gasteiger partial charge in [0.2, 0.25) is 0 Å². The topological polar surface area (TPSA) is 29.3 Å². The van der Waals surface area contributed by atoms with Gasteiger partial charge in [-0.3, -0.25) is 0 Å². The van der Waals surface area contributed by atoms with E-state index in [1.54, 1.807) is 30.1 Å². The minimum Gasteiger partial charge on any atom is -0.397 e. The van der Waals surface area contributed by atoms with Gasteiger partial charge in [-0.2, -0.15) is 13.2 Å². The van der Waals surface area contributed by atoms with E-state index < -0.39 is 12.6 Å². The molecule has 0 aliphatic heterocycles. The zero-order valence-electron chi connectivity index (χ0n) is 9.39. The summed E-state index contributed by atoms with van der Waals surface area (Å²) in [6.45, 7) is 0.282. The van der Waals surface area contributed by atoms with Gasteiger partial charge in [0.25, 0.3) is 0 Å². The summed E-state index contributed by atoms with van der Waals surface area (Å²) < 4.78 is 36.0. The van der Waals surface area contributed by atoms with E-state index in [1.165, 1.54) is 0 Å². The van der Waals surface area contributed by atoms with Gasteiger partial charge in [-0.05, 0) is 24.6 Å². The second kappa shape index (κ2) is 5.49. The van der Waals surface area contributed by atoms with Crippen LogP contribution in [0.15, 0.2) is 18.2 Å². The number of hydrogen-bond acceptors (Lipinski definition) is 2. The SMILES string of the molecule is CN(CCCC(F)(F)F)c1cc(Cl)ccc1N. The van der Waals surface area contributed by atoms with Gasteiger partial charge >= 0.3 is 6.18 Å². The molecule has 0 amide bonds. The molecule has 0 aromatic heterocycles. The number of anilines is 2. The molecule has 0 bridgehead atoms. The number of halogens is 4. The quantitative estimate of drug-likeness (QED) is 0.842. The Bertz CT molecular complexity index is 379. The number of hydrogen-bond donors (Lipinski definition) is 1. The third-order valence-corrected chi connectivity index (χ3v) is 2.59. The Morgan fingerprint density at radius 1 is 1.35 bits per heavy atom. The summed E-state index contributed by atoms with van der Waals surface area (Å²) in [6.07, 6.45) is -4.87. The Labute approximate surface area is 103 Å². The Balaban J connectivity index is 2.58. The molecule has 96 valence electrons. The van der Waals surface area contributed by atoms with E-state index >= 15 is 0 Å². The standard InChI is InChI=1S/C11H14ClF3N2/c1-17(6-2-5-11(13,14)15)10-7-8(12)3-4-9(10)16/h3-4,7H,2,5-6,16H2,1H3. The Morgan fingerprint density at radius 3 is 2.59 bits per heavy atom. The lowest BCUT2D eigenvalue weighted by molar-refractivity contribution is -0.134. The predicted octanol–water partition coefficient (Wildman–Crippen LogP) is 3.70. The van der Waals surface area contributed by atoms with Crippen LogP contribution in [-0.4, -0.2) is 19.8 Å². The van der Waals surface area contributed by atoms with Crippen molar-refractivity contribution in [3.63, 3.8) is 0 Å². The average molecular weight is 267 g/mol. The molecule has 1 aromatic carbocycles. The summed E-state index contributed by atoms with van der Waals surface area (Å²) in [7, 11) is 1.69. The lowest BCUT2D eigenvalue weighted by atomic mass is 10.2. The molecule has 0 fully saturated rings. The smallest absolute Gasteiger partial charge is 0.389 e. The Kier molecular flexibility index (Phi) is 4.51. The van der Waals surface area contributed by atoms with E-state index in [0.717, 1.165) is 0 Å². The first-order valence-electron chi connectivity index (χ1n) is 5.12. The van der Waals surface area contributed by atoms with Gasteiger partial charge in [0.15, 0.2) is 0 Å². The van der Waals surface area contributed by atoms with Gasteiger partial charge in [-0.25, -0.2) is 0 Å². The lowest BCUT2D eigenvalue weighted by Crippen LogP contribution is -2.21. The molecule has 6 heteroatoms. The maximum Gasteiger partial charge on any atom is 0.389 e. The van der Waals surface area contributed by atoms with Crippen molar-refractivity contribution in [2.75, 3.05) is 24.2 Å². The van der Waals surface area contributed by atoms with Gasteiger partial charge in [0.1, 0.15) is 0 Å². The first kappa shape index (κ1) is 14.0. The zero-order chi connectivity index (χ0) is 13.1. The molecule has 0 radical (unpaired) electrons. The van der Waals surface area contributed by atoms with Crippen LogP contribution in [0.2, 0.25) is 5.02 Å². The molecule has 0 heterocycles. The molecule has 0 saturated heterocycles. The molecule has 0 atom stereocenters. The van der Waals surface area contributed by atoms with E-state index in [0.29, 0.717) is 16.4 Å². The highest BCUT2D eigenvalue weighted by atomic mass is 35.5. The van der Waals surface area contributed by atoms with Crippen molar-refractivity contribution < 1.29 is 13.2 Å². The third kappa shape index (κ3) is 4.73. The molecule has 1 rings (SSSR count). The maximum atomic E-state index is 12.0. The second-order valence-electron chi connectivity index (χ2n) is 3.84. The van der Waals surface area contributed by atoms with Crippen molar-refractivity contribution in [2.24, 2.45) is 0 Å².